The number of nitrogens with one attached hydrogen (secondary N) is 2. The normalized spacial score (nSPS) is 13.2. The van der Waals surface area contributed by atoms with Gasteiger partial charge in [0.05, 0.1) is 12.6 Å². The molecular weight excluding hydrogens is 512 g/mol. The van der Waals surface area contributed by atoms with Crippen molar-refractivity contribution in [2.24, 2.45) is 5.92 Å². The average molecular weight is 551 g/mol. The molecule has 0 fully saturated rings. The van der Waals surface area contributed by atoms with Crippen LogP contribution < -0.4 is 10.6 Å². The number of rotatable bonds is 14. The molecule has 0 aliphatic rings. The first-order valence-electron chi connectivity index (χ1n) is 14.2. The molecule has 0 heterocycles. The summed E-state index contributed by atoms with van der Waals surface area (Å²) in [5.74, 6) is -1.04. The molecule has 41 heavy (non-hydrogen) atoms. The van der Waals surface area contributed by atoms with Gasteiger partial charge in [0.2, 0.25) is 5.91 Å². The van der Waals surface area contributed by atoms with Crippen LogP contribution in [-0.2, 0) is 27.4 Å². The average Bonchev–Trinajstić information content (AvgIpc) is 3.01. The Morgan fingerprint density at radius 2 is 1.39 bits per heavy atom. The van der Waals surface area contributed by atoms with Crippen LogP contribution in [0.2, 0.25) is 0 Å². The molecule has 4 aromatic rings. The highest BCUT2D eigenvalue weighted by Gasteiger charge is 2.30. The second-order valence-corrected chi connectivity index (χ2v) is 10.4. The van der Waals surface area contributed by atoms with Gasteiger partial charge in [0.25, 0.3) is 5.91 Å². The highest BCUT2D eigenvalue weighted by molar-refractivity contribution is 6.01. The van der Waals surface area contributed by atoms with Gasteiger partial charge >= 0.3 is 0 Å². The van der Waals surface area contributed by atoms with Crippen LogP contribution in [0.3, 0.4) is 0 Å². The van der Waals surface area contributed by atoms with E-state index in [1.165, 1.54) is 0 Å². The molecule has 2 N–H and O–H groups in total. The molecule has 4 aromatic carbocycles. The molecule has 6 heteroatoms. The summed E-state index contributed by atoms with van der Waals surface area (Å²) in [4.78, 5) is 40.2. The van der Waals surface area contributed by atoms with E-state index in [1.54, 1.807) is 6.07 Å². The molecule has 1 unspecified atom stereocenters. The monoisotopic (exact) mass is 550 g/mol. The van der Waals surface area contributed by atoms with E-state index >= 15 is 0 Å². The van der Waals surface area contributed by atoms with Crippen LogP contribution in [-0.4, -0.2) is 36.3 Å². The molecule has 212 valence electrons. The van der Waals surface area contributed by atoms with Gasteiger partial charge in [0, 0.05) is 5.56 Å². The smallest absolute Gasteiger partial charge is 0.251 e. The van der Waals surface area contributed by atoms with Crippen molar-refractivity contribution in [2.75, 3.05) is 6.61 Å². The van der Waals surface area contributed by atoms with E-state index in [9.17, 15) is 14.4 Å². The second kappa shape index (κ2) is 14.9. The van der Waals surface area contributed by atoms with Crippen molar-refractivity contribution in [1.29, 1.82) is 0 Å². The summed E-state index contributed by atoms with van der Waals surface area (Å²) in [6.45, 7) is 4.09. The Morgan fingerprint density at radius 1 is 0.756 bits per heavy atom. The summed E-state index contributed by atoms with van der Waals surface area (Å²) >= 11 is 0. The maximum Gasteiger partial charge on any atom is 0.251 e. The number of hydrogen-bond acceptors (Lipinski definition) is 4. The molecule has 4 rings (SSSR count). The molecular formula is C35H38N2O4. The Balaban J connectivity index is 1.45. The highest BCUT2D eigenvalue weighted by atomic mass is 16.5. The minimum Gasteiger partial charge on any atom is -0.369 e. The Labute approximate surface area is 242 Å². The molecule has 0 aromatic heterocycles. The Hall–Kier alpha value is -4.29. The molecule has 0 bridgehead atoms. The largest absolute Gasteiger partial charge is 0.369 e. The molecule has 2 amide bonds. The van der Waals surface area contributed by atoms with Crippen LogP contribution in [0.4, 0.5) is 0 Å². The third kappa shape index (κ3) is 8.60. The summed E-state index contributed by atoms with van der Waals surface area (Å²) in [7, 11) is 0. The maximum absolute atomic E-state index is 13.6. The summed E-state index contributed by atoms with van der Waals surface area (Å²) in [6.07, 6.45) is 1.72. The lowest BCUT2D eigenvalue weighted by atomic mass is 9.96. The number of aryl methyl sites for hydroxylation is 1. The van der Waals surface area contributed by atoms with Crippen LogP contribution >= 0.6 is 0 Å². The van der Waals surface area contributed by atoms with Crippen LogP contribution in [0.15, 0.2) is 103 Å². The zero-order valence-electron chi connectivity index (χ0n) is 23.7. The van der Waals surface area contributed by atoms with Crippen LogP contribution in [0.1, 0.15) is 48.2 Å². The lowest BCUT2D eigenvalue weighted by molar-refractivity contribution is -0.132. The number of carbonyl (C=O) groups excluding carboxylic acids is 3. The van der Waals surface area contributed by atoms with Crippen molar-refractivity contribution in [1.82, 2.24) is 10.6 Å². The number of carbonyl (C=O) groups is 3. The topological polar surface area (TPSA) is 84.5 Å². The molecule has 3 atom stereocenters. The predicted molar refractivity (Wildman–Crippen MR) is 162 cm³/mol. The number of hydrogen-bond donors (Lipinski definition) is 2. The van der Waals surface area contributed by atoms with E-state index in [2.05, 4.69) is 10.6 Å². The Morgan fingerprint density at radius 3 is 2.07 bits per heavy atom. The minimum absolute atomic E-state index is 0.119. The first kappa shape index (κ1) is 29.7. The fraction of sp³-hybridized carbons (Fsp3) is 0.286. The molecule has 0 aliphatic heterocycles. The molecule has 6 nitrogen and oxygen atoms in total. The van der Waals surface area contributed by atoms with E-state index in [0.717, 1.165) is 21.9 Å². The number of Topliss-reactive ketones (excluding diaryl/α,β-unsaturated/α-hetero) is 1. The SMILES string of the molecule is CCC(C)[C@H](NC(=O)c1ccc2ccccc2c1)C(=O)N[C@@H](CCc1ccccc1)C(=O)COCc1ccccc1. The van der Waals surface area contributed by atoms with E-state index in [1.807, 2.05) is 111 Å². The van der Waals surface area contributed by atoms with Gasteiger partial charge in [0.1, 0.15) is 12.6 Å². The van der Waals surface area contributed by atoms with E-state index in [0.29, 0.717) is 31.4 Å². The summed E-state index contributed by atoms with van der Waals surface area (Å²) in [5.41, 5.74) is 2.53. The number of fused-ring (bicyclic) bond motifs is 1. The zero-order chi connectivity index (χ0) is 29.0. The van der Waals surface area contributed by atoms with E-state index < -0.39 is 12.1 Å². The fourth-order valence-electron chi connectivity index (χ4n) is 4.73. The fourth-order valence-corrected chi connectivity index (χ4v) is 4.73. The van der Waals surface area contributed by atoms with Gasteiger partial charge in [-0.1, -0.05) is 111 Å². The first-order valence-corrected chi connectivity index (χ1v) is 14.2. The molecule has 0 spiro atoms. The lowest BCUT2D eigenvalue weighted by Gasteiger charge is -2.26. The quantitative estimate of drug-likeness (QED) is 0.205. The van der Waals surface area contributed by atoms with Gasteiger partial charge in [-0.2, -0.15) is 0 Å². The predicted octanol–water partition coefficient (Wildman–Crippen LogP) is 5.89. The third-order valence-electron chi connectivity index (χ3n) is 7.42. The Bertz CT molecular complexity index is 1440. The number of ketones is 1. The molecule has 0 aliphatic carbocycles. The maximum atomic E-state index is 13.6. The molecule has 0 saturated heterocycles. The van der Waals surface area contributed by atoms with Crippen molar-refractivity contribution in [2.45, 2.75) is 51.8 Å². The van der Waals surface area contributed by atoms with Gasteiger partial charge < -0.3 is 15.4 Å². The van der Waals surface area contributed by atoms with E-state index in [4.69, 9.17) is 4.74 Å². The van der Waals surface area contributed by atoms with Crippen LogP contribution in [0, 0.1) is 5.92 Å². The van der Waals surface area contributed by atoms with Crippen molar-refractivity contribution >= 4 is 28.4 Å². The van der Waals surface area contributed by atoms with Gasteiger partial charge in [-0.15, -0.1) is 0 Å². The van der Waals surface area contributed by atoms with E-state index in [-0.39, 0.29) is 30.1 Å². The Kier molecular flexibility index (Phi) is 10.8. The van der Waals surface area contributed by atoms with Crippen molar-refractivity contribution in [3.63, 3.8) is 0 Å². The first-order chi connectivity index (χ1) is 19.9. The molecule has 0 saturated carbocycles. The summed E-state index contributed by atoms with van der Waals surface area (Å²) < 4.78 is 5.71. The van der Waals surface area contributed by atoms with Crippen LogP contribution in [0.5, 0.6) is 0 Å². The van der Waals surface area contributed by atoms with Gasteiger partial charge in [-0.05, 0) is 52.8 Å². The zero-order valence-corrected chi connectivity index (χ0v) is 23.7. The third-order valence-corrected chi connectivity index (χ3v) is 7.42. The van der Waals surface area contributed by atoms with Gasteiger partial charge in [0.15, 0.2) is 5.78 Å². The second-order valence-electron chi connectivity index (χ2n) is 10.4. The van der Waals surface area contributed by atoms with Gasteiger partial charge in [-0.3, -0.25) is 14.4 Å². The van der Waals surface area contributed by atoms with Crippen LogP contribution in [0.25, 0.3) is 10.8 Å². The standard InChI is InChI=1S/C35H38N2O4/c1-3-25(2)33(37-34(39)30-20-19-28-16-10-11-17-29(28)22-30)35(40)36-31(21-18-26-12-6-4-7-13-26)32(38)24-41-23-27-14-8-5-9-15-27/h4-17,19-20,22,25,31,33H,3,18,21,23-24H2,1-2H3,(H,36,40)(H,37,39)/t25?,31-,33-/m0/s1. The van der Waals surface area contributed by atoms with Gasteiger partial charge in [-0.25, -0.2) is 0 Å². The number of benzene rings is 4. The number of amides is 2. The highest BCUT2D eigenvalue weighted by Crippen LogP contribution is 2.17. The number of ether oxygens (including phenoxy) is 1. The molecule has 0 radical (unpaired) electrons. The lowest BCUT2D eigenvalue weighted by Crippen LogP contribution is -2.54. The van der Waals surface area contributed by atoms with Crippen molar-refractivity contribution in [3.8, 4) is 0 Å². The summed E-state index contributed by atoms with van der Waals surface area (Å²) in [5, 5.41) is 7.88. The summed E-state index contributed by atoms with van der Waals surface area (Å²) in [6, 6.07) is 31.3. The van der Waals surface area contributed by atoms with Crippen molar-refractivity contribution < 1.29 is 19.1 Å². The minimum atomic E-state index is -0.795. The van der Waals surface area contributed by atoms with Crippen molar-refractivity contribution in [3.05, 3.63) is 120 Å².